The summed E-state index contributed by atoms with van der Waals surface area (Å²) in [6, 6.07) is 12.9. The monoisotopic (exact) mass is 401 g/mol. The van der Waals surface area contributed by atoms with Gasteiger partial charge in [0.25, 0.3) is 0 Å². The Morgan fingerprint density at radius 3 is 2.82 bits per heavy atom. The van der Waals surface area contributed by atoms with Crippen molar-refractivity contribution in [1.82, 2.24) is 15.1 Å². The molecular weight excluding hydrogens is 366 g/mol. The van der Waals surface area contributed by atoms with E-state index in [0.29, 0.717) is 0 Å². The molecular formula is C23H35N3OS. The van der Waals surface area contributed by atoms with Crippen LogP contribution >= 0.6 is 11.3 Å². The van der Waals surface area contributed by atoms with Gasteiger partial charge in [-0.2, -0.15) is 0 Å². The molecule has 28 heavy (non-hydrogen) atoms. The Bertz CT molecular complexity index is 691. The first-order valence-electron chi connectivity index (χ1n) is 10.5. The van der Waals surface area contributed by atoms with E-state index in [1.807, 2.05) is 7.05 Å². The summed E-state index contributed by atoms with van der Waals surface area (Å²) < 4.78 is 6.54. The number of hydrogen-bond acceptors (Lipinski definition) is 5. The summed E-state index contributed by atoms with van der Waals surface area (Å²) in [5, 5.41) is 5.39. The Kier molecular flexibility index (Phi) is 8.34. The maximum absolute atomic E-state index is 6.54. The predicted molar refractivity (Wildman–Crippen MR) is 119 cm³/mol. The number of thiophene rings is 1. The molecule has 1 saturated heterocycles. The van der Waals surface area contributed by atoms with E-state index in [1.54, 1.807) is 11.3 Å². The van der Waals surface area contributed by atoms with Gasteiger partial charge in [0.2, 0.25) is 0 Å². The molecule has 3 rings (SSSR count). The third kappa shape index (κ3) is 6.31. The van der Waals surface area contributed by atoms with E-state index < -0.39 is 0 Å². The molecule has 0 spiro atoms. The molecule has 4 nitrogen and oxygen atoms in total. The van der Waals surface area contributed by atoms with Crippen LogP contribution in [0.4, 0.5) is 0 Å². The van der Waals surface area contributed by atoms with Gasteiger partial charge < -0.3 is 19.9 Å². The van der Waals surface area contributed by atoms with E-state index in [1.165, 1.54) is 23.5 Å². The maximum atomic E-state index is 6.54. The minimum atomic E-state index is 0.112. The summed E-state index contributed by atoms with van der Waals surface area (Å²) in [5.74, 6) is 1.76. The molecule has 2 heterocycles. The van der Waals surface area contributed by atoms with Crippen LogP contribution in [0.15, 0.2) is 41.8 Å². The van der Waals surface area contributed by atoms with Gasteiger partial charge in [0.1, 0.15) is 11.9 Å². The highest BCUT2D eigenvalue weighted by atomic mass is 32.1. The Labute approximate surface area is 174 Å². The zero-order chi connectivity index (χ0) is 19.8. The first-order chi connectivity index (χ1) is 13.7. The van der Waals surface area contributed by atoms with Crippen molar-refractivity contribution in [2.75, 3.05) is 53.4 Å². The quantitative estimate of drug-likeness (QED) is 0.690. The lowest BCUT2D eigenvalue weighted by Gasteiger charge is -2.24. The number of nitrogens with one attached hydrogen (secondary N) is 1. The van der Waals surface area contributed by atoms with E-state index in [2.05, 4.69) is 70.9 Å². The smallest absolute Gasteiger partial charge is 0.134 e. The lowest BCUT2D eigenvalue weighted by molar-refractivity contribution is 0.195. The minimum absolute atomic E-state index is 0.112. The van der Waals surface area contributed by atoms with Crippen LogP contribution in [0.5, 0.6) is 5.75 Å². The zero-order valence-electron chi connectivity index (χ0n) is 17.6. The van der Waals surface area contributed by atoms with Crippen molar-refractivity contribution in [1.29, 1.82) is 0 Å². The van der Waals surface area contributed by atoms with Gasteiger partial charge in [-0.05, 0) is 56.1 Å². The van der Waals surface area contributed by atoms with Crippen molar-refractivity contribution in [2.24, 2.45) is 5.92 Å². The average molecular weight is 402 g/mol. The number of nitrogens with zero attached hydrogens (tertiary/aromatic N) is 2. The van der Waals surface area contributed by atoms with Gasteiger partial charge in [0, 0.05) is 44.0 Å². The molecule has 5 heteroatoms. The van der Waals surface area contributed by atoms with Gasteiger partial charge in [-0.25, -0.2) is 0 Å². The van der Waals surface area contributed by atoms with Crippen LogP contribution in [0.25, 0.3) is 0 Å². The van der Waals surface area contributed by atoms with Gasteiger partial charge in [0.05, 0.1) is 0 Å². The van der Waals surface area contributed by atoms with Crippen molar-refractivity contribution in [2.45, 2.75) is 25.9 Å². The van der Waals surface area contributed by atoms with Crippen molar-refractivity contribution in [3.63, 3.8) is 0 Å². The van der Waals surface area contributed by atoms with Crippen LogP contribution in [-0.2, 0) is 6.42 Å². The number of likely N-dealkylation sites (N-methyl/N-ethyl adjacent to an activating group) is 1. The summed E-state index contributed by atoms with van der Waals surface area (Å²) in [6.45, 7) is 9.11. The second-order valence-corrected chi connectivity index (χ2v) is 9.02. The van der Waals surface area contributed by atoms with Crippen LogP contribution in [0.3, 0.4) is 0 Å². The Balaban J connectivity index is 1.65. The highest BCUT2D eigenvalue weighted by Crippen LogP contribution is 2.30. The van der Waals surface area contributed by atoms with E-state index in [4.69, 9.17) is 4.74 Å². The van der Waals surface area contributed by atoms with E-state index in [9.17, 15) is 0 Å². The molecule has 0 saturated carbocycles. The number of ether oxygens (including phenoxy) is 1. The van der Waals surface area contributed by atoms with Crippen LogP contribution in [0.1, 0.15) is 29.9 Å². The molecule has 0 aliphatic carbocycles. The number of rotatable bonds is 9. The van der Waals surface area contributed by atoms with Gasteiger partial charge in [-0.3, -0.25) is 0 Å². The summed E-state index contributed by atoms with van der Waals surface area (Å²) in [6.07, 6.45) is 2.12. The molecule has 0 radical (unpaired) electrons. The summed E-state index contributed by atoms with van der Waals surface area (Å²) in [7, 11) is 4.23. The molecule has 1 unspecified atom stereocenters. The van der Waals surface area contributed by atoms with E-state index in [0.717, 1.165) is 50.7 Å². The lowest BCUT2D eigenvalue weighted by Crippen LogP contribution is -2.31. The van der Waals surface area contributed by atoms with E-state index in [-0.39, 0.29) is 6.10 Å². The van der Waals surface area contributed by atoms with Gasteiger partial charge >= 0.3 is 0 Å². The molecule has 1 N–H and O–H groups in total. The van der Waals surface area contributed by atoms with Crippen molar-refractivity contribution in [3.05, 3.63) is 52.2 Å². The molecule has 0 bridgehead atoms. The van der Waals surface area contributed by atoms with Crippen LogP contribution in [0, 0.1) is 5.92 Å². The average Bonchev–Trinajstić information content (AvgIpc) is 3.17. The molecule has 0 amide bonds. The molecule has 1 fully saturated rings. The fourth-order valence-electron chi connectivity index (χ4n) is 3.99. The largest absolute Gasteiger partial charge is 0.485 e. The third-order valence-corrected chi connectivity index (χ3v) is 6.41. The van der Waals surface area contributed by atoms with Crippen LogP contribution in [-0.4, -0.2) is 63.2 Å². The van der Waals surface area contributed by atoms with E-state index >= 15 is 0 Å². The van der Waals surface area contributed by atoms with Crippen LogP contribution < -0.4 is 10.1 Å². The van der Waals surface area contributed by atoms with Gasteiger partial charge in [-0.15, -0.1) is 11.3 Å². The minimum Gasteiger partial charge on any atom is -0.485 e. The second kappa shape index (κ2) is 11.0. The first kappa shape index (κ1) is 21.3. The van der Waals surface area contributed by atoms with Crippen molar-refractivity contribution in [3.8, 4) is 5.75 Å². The third-order valence-electron chi connectivity index (χ3n) is 5.45. The SMILES string of the molecule is CNCCC(Oc1ccccc1CCN1CCN(C)C[C@H](C)C1)c1cccs1. The van der Waals surface area contributed by atoms with Crippen molar-refractivity contribution >= 4 is 11.3 Å². The molecule has 1 aliphatic heterocycles. The summed E-state index contributed by atoms with van der Waals surface area (Å²) in [4.78, 5) is 6.37. The molecule has 1 aromatic carbocycles. The highest BCUT2D eigenvalue weighted by molar-refractivity contribution is 7.10. The number of benzene rings is 1. The summed E-state index contributed by atoms with van der Waals surface area (Å²) in [5.41, 5.74) is 1.32. The highest BCUT2D eigenvalue weighted by Gasteiger charge is 2.19. The fraction of sp³-hybridized carbons (Fsp3) is 0.565. The Morgan fingerprint density at radius 1 is 1.18 bits per heavy atom. The zero-order valence-corrected chi connectivity index (χ0v) is 18.4. The molecule has 154 valence electrons. The topological polar surface area (TPSA) is 27.7 Å². The van der Waals surface area contributed by atoms with Gasteiger partial charge in [0.15, 0.2) is 0 Å². The summed E-state index contributed by atoms with van der Waals surface area (Å²) >= 11 is 1.78. The normalized spacial score (nSPS) is 20.0. The number of para-hydroxylation sites is 1. The fourth-order valence-corrected chi connectivity index (χ4v) is 4.78. The number of hydrogen-bond donors (Lipinski definition) is 1. The Hall–Kier alpha value is -1.40. The molecule has 1 aromatic heterocycles. The maximum Gasteiger partial charge on any atom is 0.134 e. The molecule has 1 aliphatic rings. The predicted octanol–water partition coefficient (Wildman–Crippen LogP) is 3.90. The van der Waals surface area contributed by atoms with Crippen LogP contribution in [0.2, 0.25) is 0 Å². The standard InChI is InChI=1S/C23H35N3OS/c1-19-17-25(3)14-15-26(18-19)13-11-20-7-4-5-8-21(20)27-22(10-12-24-2)23-9-6-16-28-23/h4-9,16,19,22,24H,10-15,17-18H2,1-3H3/t19-,22?/m0/s1. The molecule has 2 atom stereocenters. The first-order valence-corrected chi connectivity index (χ1v) is 11.4. The lowest BCUT2D eigenvalue weighted by atomic mass is 10.1. The Morgan fingerprint density at radius 2 is 2.04 bits per heavy atom. The van der Waals surface area contributed by atoms with Gasteiger partial charge in [-0.1, -0.05) is 31.2 Å². The molecule has 2 aromatic rings. The van der Waals surface area contributed by atoms with Crippen molar-refractivity contribution < 1.29 is 4.74 Å². The second-order valence-electron chi connectivity index (χ2n) is 8.04.